The summed E-state index contributed by atoms with van der Waals surface area (Å²) in [6.07, 6.45) is 1.36. The molecule has 0 saturated heterocycles. The van der Waals surface area contributed by atoms with Crippen molar-refractivity contribution >= 4 is 37.5 Å². The highest BCUT2D eigenvalue weighted by molar-refractivity contribution is 9.10. The van der Waals surface area contributed by atoms with Gasteiger partial charge < -0.3 is 10.3 Å². The summed E-state index contributed by atoms with van der Waals surface area (Å²) in [5.41, 5.74) is 6.97. The number of benzene rings is 1. The maximum atomic E-state index is 12.3. The van der Waals surface area contributed by atoms with E-state index in [1.807, 2.05) is 13.0 Å². The topological polar surface area (TPSA) is 90.0 Å². The molecule has 3 N–H and O–H groups in total. The van der Waals surface area contributed by atoms with E-state index in [1.165, 1.54) is 10.9 Å². The Kier molecular flexibility index (Phi) is 3.55. The van der Waals surface area contributed by atoms with Crippen molar-refractivity contribution in [1.29, 1.82) is 0 Å². The average molecular weight is 345 g/mol. The monoisotopic (exact) mass is 344 g/mol. The molecule has 0 aliphatic carbocycles. The lowest BCUT2D eigenvalue weighted by Gasteiger charge is -2.11. The van der Waals surface area contributed by atoms with Gasteiger partial charge in [-0.25, -0.2) is 4.98 Å². The number of anilines is 2. The fourth-order valence-corrected chi connectivity index (χ4v) is 3.49. The summed E-state index contributed by atoms with van der Waals surface area (Å²) < 4.78 is 29.1. The van der Waals surface area contributed by atoms with Gasteiger partial charge in [-0.3, -0.25) is 4.72 Å². The molecule has 19 heavy (non-hydrogen) atoms. The van der Waals surface area contributed by atoms with Crippen LogP contribution in [0.15, 0.2) is 34.0 Å². The third-order valence-corrected chi connectivity index (χ3v) is 5.15. The van der Waals surface area contributed by atoms with E-state index in [9.17, 15) is 8.42 Å². The van der Waals surface area contributed by atoms with Crippen LogP contribution in [0, 0.1) is 6.92 Å². The van der Waals surface area contributed by atoms with Crippen LogP contribution in [-0.2, 0) is 17.1 Å². The van der Waals surface area contributed by atoms with Crippen LogP contribution in [0.3, 0.4) is 0 Å². The van der Waals surface area contributed by atoms with Gasteiger partial charge in [0, 0.05) is 11.5 Å². The van der Waals surface area contributed by atoms with Gasteiger partial charge in [0.15, 0.2) is 10.8 Å². The maximum Gasteiger partial charge on any atom is 0.281 e. The van der Waals surface area contributed by atoms with Crippen LogP contribution >= 0.6 is 15.9 Å². The molecule has 102 valence electrons. The number of sulfonamides is 1. The van der Waals surface area contributed by atoms with Crippen molar-refractivity contribution in [3.05, 3.63) is 34.6 Å². The molecule has 0 aliphatic rings. The predicted molar refractivity (Wildman–Crippen MR) is 77.3 cm³/mol. The largest absolute Gasteiger partial charge is 0.381 e. The molecule has 0 spiro atoms. The Morgan fingerprint density at radius 1 is 1.42 bits per heavy atom. The van der Waals surface area contributed by atoms with Gasteiger partial charge in [0.2, 0.25) is 0 Å². The first-order chi connectivity index (χ1) is 8.83. The van der Waals surface area contributed by atoms with Crippen molar-refractivity contribution in [3.63, 3.8) is 0 Å². The number of hydrogen-bond donors (Lipinski definition) is 2. The molecule has 0 bridgehead atoms. The average Bonchev–Trinajstić information content (AvgIpc) is 2.65. The summed E-state index contributed by atoms with van der Waals surface area (Å²) in [6, 6.07) is 5.31. The number of imidazole rings is 1. The molecule has 8 heteroatoms. The van der Waals surface area contributed by atoms with Crippen LogP contribution in [0.1, 0.15) is 5.56 Å². The summed E-state index contributed by atoms with van der Waals surface area (Å²) in [6.45, 7) is 1.88. The SMILES string of the molecule is Cc1cccc(NS(=O)(=O)c2c(N)ncn2C)c1Br. The zero-order chi connectivity index (χ0) is 14.2. The lowest BCUT2D eigenvalue weighted by Crippen LogP contribution is -2.18. The maximum absolute atomic E-state index is 12.3. The fourth-order valence-electron chi connectivity index (χ4n) is 1.68. The molecular weight excluding hydrogens is 332 g/mol. The summed E-state index contributed by atoms with van der Waals surface area (Å²) >= 11 is 3.35. The molecule has 1 aromatic carbocycles. The third-order valence-electron chi connectivity index (χ3n) is 2.60. The molecule has 1 heterocycles. The highest BCUT2D eigenvalue weighted by Crippen LogP contribution is 2.28. The number of halogens is 1. The number of nitrogens with two attached hydrogens (primary N) is 1. The van der Waals surface area contributed by atoms with E-state index in [1.54, 1.807) is 19.2 Å². The van der Waals surface area contributed by atoms with Crippen LogP contribution in [0.5, 0.6) is 0 Å². The highest BCUT2D eigenvalue weighted by Gasteiger charge is 2.23. The van der Waals surface area contributed by atoms with Gasteiger partial charge in [0.05, 0.1) is 12.0 Å². The van der Waals surface area contributed by atoms with E-state index in [2.05, 4.69) is 25.6 Å². The molecule has 0 amide bonds. The quantitative estimate of drug-likeness (QED) is 0.889. The zero-order valence-corrected chi connectivity index (χ0v) is 12.8. The summed E-state index contributed by atoms with van der Waals surface area (Å²) in [4.78, 5) is 3.77. The van der Waals surface area contributed by atoms with Gasteiger partial charge >= 0.3 is 0 Å². The van der Waals surface area contributed by atoms with Crippen LogP contribution in [0.25, 0.3) is 0 Å². The summed E-state index contributed by atoms with van der Waals surface area (Å²) in [7, 11) is -2.20. The van der Waals surface area contributed by atoms with E-state index in [4.69, 9.17) is 5.73 Å². The normalized spacial score (nSPS) is 11.5. The first-order valence-corrected chi connectivity index (χ1v) is 7.65. The molecule has 1 aromatic heterocycles. The minimum atomic E-state index is -3.78. The molecule has 0 aliphatic heterocycles. The standard InChI is InChI=1S/C11H13BrN4O2S/c1-7-4-3-5-8(9(7)12)15-19(17,18)11-10(13)14-6-16(11)2/h3-6,15H,13H2,1-2H3. The number of aromatic nitrogens is 2. The second kappa shape index (κ2) is 4.86. The third kappa shape index (κ3) is 2.59. The minimum Gasteiger partial charge on any atom is -0.381 e. The van der Waals surface area contributed by atoms with Gasteiger partial charge in [-0.2, -0.15) is 8.42 Å². The molecule has 2 aromatic rings. The van der Waals surface area contributed by atoms with E-state index < -0.39 is 10.0 Å². The highest BCUT2D eigenvalue weighted by atomic mass is 79.9. The predicted octanol–water partition coefficient (Wildman–Crippen LogP) is 1.87. The van der Waals surface area contributed by atoms with Crippen molar-refractivity contribution in [1.82, 2.24) is 9.55 Å². The number of aryl methyl sites for hydroxylation is 2. The minimum absolute atomic E-state index is 0.0289. The Bertz CT molecular complexity index is 705. The number of nitrogens with zero attached hydrogens (tertiary/aromatic N) is 2. The molecular formula is C11H13BrN4O2S. The van der Waals surface area contributed by atoms with E-state index in [-0.39, 0.29) is 10.8 Å². The molecule has 0 fully saturated rings. The Labute approximate surface area is 119 Å². The van der Waals surface area contributed by atoms with E-state index in [0.717, 1.165) is 5.56 Å². The van der Waals surface area contributed by atoms with E-state index in [0.29, 0.717) is 10.2 Å². The zero-order valence-electron chi connectivity index (χ0n) is 10.4. The number of hydrogen-bond acceptors (Lipinski definition) is 4. The van der Waals surface area contributed by atoms with Gasteiger partial charge in [-0.15, -0.1) is 0 Å². The molecule has 2 rings (SSSR count). The smallest absolute Gasteiger partial charge is 0.281 e. The van der Waals surface area contributed by atoms with Crippen LogP contribution in [0.2, 0.25) is 0 Å². The van der Waals surface area contributed by atoms with Gasteiger partial charge in [-0.05, 0) is 34.5 Å². The molecule has 6 nitrogen and oxygen atoms in total. The first-order valence-electron chi connectivity index (χ1n) is 5.37. The summed E-state index contributed by atoms with van der Waals surface area (Å²) in [5, 5.41) is -0.0547. The number of nitrogens with one attached hydrogen (secondary N) is 1. The lowest BCUT2D eigenvalue weighted by atomic mass is 10.2. The number of nitrogen functional groups attached to an aromatic ring is 1. The van der Waals surface area contributed by atoms with Gasteiger partial charge in [-0.1, -0.05) is 12.1 Å². The van der Waals surface area contributed by atoms with Crippen LogP contribution in [0.4, 0.5) is 11.5 Å². The molecule has 0 radical (unpaired) electrons. The van der Waals surface area contributed by atoms with Crippen molar-refractivity contribution in [2.45, 2.75) is 11.9 Å². The molecule has 0 saturated carbocycles. The van der Waals surface area contributed by atoms with Crippen molar-refractivity contribution in [3.8, 4) is 0 Å². The number of rotatable bonds is 3. The van der Waals surface area contributed by atoms with Crippen LogP contribution < -0.4 is 10.5 Å². The Hall–Kier alpha value is -1.54. The lowest BCUT2D eigenvalue weighted by molar-refractivity contribution is 0.592. The van der Waals surface area contributed by atoms with Crippen molar-refractivity contribution < 1.29 is 8.42 Å². The Morgan fingerprint density at radius 2 is 2.11 bits per heavy atom. The van der Waals surface area contributed by atoms with Gasteiger partial charge in [0.25, 0.3) is 10.0 Å². The molecule has 0 unspecified atom stereocenters. The Balaban J connectivity index is 2.46. The van der Waals surface area contributed by atoms with Crippen LogP contribution in [-0.4, -0.2) is 18.0 Å². The first kappa shape index (κ1) is 13.9. The van der Waals surface area contributed by atoms with Gasteiger partial charge in [0.1, 0.15) is 0 Å². The van der Waals surface area contributed by atoms with E-state index >= 15 is 0 Å². The second-order valence-electron chi connectivity index (χ2n) is 4.09. The van der Waals surface area contributed by atoms with Crippen molar-refractivity contribution in [2.24, 2.45) is 7.05 Å². The van der Waals surface area contributed by atoms with Crippen molar-refractivity contribution in [2.75, 3.05) is 10.5 Å². The molecule has 0 atom stereocenters. The summed E-state index contributed by atoms with van der Waals surface area (Å²) in [5.74, 6) is -0.0289. The fraction of sp³-hybridized carbons (Fsp3) is 0.182. The Morgan fingerprint density at radius 3 is 2.68 bits per heavy atom. The second-order valence-corrected chi connectivity index (χ2v) is 6.48.